The van der Waals surface area contributed by atoms with E-state index in [2.05, 4.69) is 4.74 Å². The van der Waals surface area contributed by atoms with Crippen molar-refractivity contribution in [3.63, 3.8) is 0 Å². The molecular formula is C2H8O3. The minimum Gasteiger partial charge on any atom is -0.412 e. The van der Waals surface area contributed by atoms with E-state index in [1.54, 1.807) is 0 Å². The fourth-order valence-corrected chi connectivity index (χ4v) is 0. The highest BCUT2D eigenvalue weighted by atomic mass is 16.6. The molecule has 0 aromatic rings. The molecule has 0 saturated heterocycles. The number of aliphatic hydroxyl groups excluding tert-OH is 1. The van der Waals surface area contributed by atoms with Crippen LogP contribution in [0.3, 0.4) is 0 Å². The Balaban J connectivity index is 0. The molecule has 0 heterocycles. The van der Waals surface area contributed by atoms with Gasteiger partial charge in [-0.1, -0.05) is 0 Å². The van der Waals surface area contributed by atoms with E-state index in [9.17, 15) is 0 Å². The van der Waals surface area contributed by atoms with Crippen LogP contribution < -0.4 is 0 Å². The van der Waals surface area contributed by atoms with Crippen LogP contribution in [-0.2, 0) is 4.74 Å². The maximum Gasteiger partial charge on any atom is 0.143 e. The lowest BCUT2D eigenvalue weighted by Crippen LogP contribution is -1.79. The summed E-state index contributed by atoms with van der Waals surface area (Å²) < 4.78 is 4.10. The summed E-state index contributed by atoms with van der Waals surface area (Å²) in [5.41, 5.74) is 0. The maximum absolute atomic E-state index is 7.65. The molecule has 0 radical (unpaired) electrons. The van der Waals surface area contributed by atoms with Crippen molar-refractivity contribution in [3.8, 4) is 0 Å². The molecule has 0 aliphatic carbocycles. The Bertz CT molecular complexity index is 6.85. The minimum atomic E-state index is -0.181. The summed E-state index contributed by atoms with van der Waals surface area (Å²) in [5.74, 6) is 0. The highest BCUT2D eigenvalue weighted by Gasteiger charge is 1.51. The first-order valence-corrected chi connectivity index (χ1v) is 1.01. The monoisotopic (exact) mass is 80.0 g/mol. The van der Waals surface area contributed by atoms with Crippen LogP contribution in [0.1, 0.15) is 0 Å². The predicted octanol–water partition coefficient (Wildman–Crippen LogP) is -1.24. The van der Waals surface area contributed by atoms with Gasteiger partial charge in [0.05, 0.1) is 0 Å². The second-order valence-electron chi connectivity index (χ2n) is 0.418. The van der Waals surface area contributed by atoms with E-state index in [0.29, 0.717) is 0 Å². The van der Waals surface area contributed by atoms with Crippen molar-refractivity contribution < 1.29 is 15.3 Å². The number of hydrogen-bond donors (Lipinski definition) is 1. The van der Waals surface area contributed by atoms with E-state index in [-0.39, 0.29) is 12.3 Å². The molecule has 34 valence electrons. The van der Waals surface area contributed by atoms with E-state index >= 15 is 0 Å². The number of rotatable bonds is 1. The molecule has 0 fully saturated rings. The number of ether oxygens (including phenoxy) is 1. The summed E-state index contributed by atoms with van der Waals surface area (Å²) in [5, 5.41) is 7.65. The molecular weight excluding hydrogens is 72.0 g/mol. The van der Waals surface area contributed by atoms with Crippen LogP contribution in [0.4, 0.5) is 0 Å². The molecule has 0 atom stereocenters. The molecule has 0 unspecified atom stereocenters. The molecule has 0 aliphatic rings. The van der Waals surface area contributed by atoms with Gasteiger partial charge in [0.15, 0.2) is 0 Å². The predicted molar refractivity (Wildman–Crippen MR) is 17.7 cm³/mol. The van der Waals surface area contributed by atoms with Crippen molar-refractivity contribution in [2.75, 3.05) is 13.9 Å². The van der Waals surface area contributed by atoms with Crippen LogP contribution in [-0.4, -0.2) is 24.5 Å². The van der Waals surface area contributed by atoms with Gasteiger partial charge < -0.3 is 15.3 Å². The molecule has 5 heavy (non-hydrogen) atoms. The van der Waals surface area contributed by atoms with Gasteiger partial charge >= 0.3 is 0 Å². The van der Waals surface area contributed by atoms with Crippen LogP contribution in [0.25, 0.3) is 0 Å². The molecule has 3 nitrogen and oxygen atoms in total. The fraction of sp³-hybridized carbons (Fsp3) is 1.00. The molecule has 3 heteroatoms. The third kappa shape index (κ3) is 17.7. The first-order valence-electron chi connectivity index (χ1n) is 1.01. The van der Waals surface area contributed by atoms with Gasteiger partial charge in [-0.3, -0.25) is 0 Å². The Morgan fingerprint density at radius 3 is 2.00 bits per heavy atom. The molecule has 0 bridgehead atoms. The fourth-order valence-electron chi connectivity index (χ4n) is 0. The van der Waals surface area contributed by atoms with Crippen molar-refractivity contribution >= 4 is 0 Å². The highest BCUT2D eigenvalue weighted by molar-refractivity contribution is 3.72. The van der Waals surface area contributed by atoms with E-state index < -0.39 is 0 Å². The van der Waals surface area contributed by atoms with Crippen LogP contribution in [0.2, 0.25) is 0 Å². The molecule has 3 N–H and O–H groups in total. The summed E-state index contributed by atoms with van der Waals surface area (Å²) in [6.07, 6.45) is 0. The zero-order valence-corrected chi connectivity index (χ0v) is 3.06. The molecule has 0 amide bonds. The van der Waals surface area contributed by atoms with Crippen LogP contribution in [0, 0.1) is 0 Å². The van der Waals surface area contributed by atoms with Gasteiger partial charge in [0.25, 0.3) is 0 Å². The average molecular weight is 80.1 g/mol. The molecule has 0 saturated carbocycles. The van der Waals surface area contributed by atoms with E-state index in [4.69, 9.17) is 5.11 Å². The minimum absolute atomic E-state index is 0. The van der Waals surface area contributed by atoms with Gasteiger partial charge in [0.2, 0.25) is 0 Å². The Morgan fingerprint density at radius 1 is 1.80 bits per heavy atom. The van der Waals surface area contributed by atoms with Crippen molar-refractivity contribution in [2.24, 2.45) is 0 Å². The lowest BCUT2D eigenvalue weighted by molar-refractivity contribution is 0.0325. The Kier molecular flexibility index (Phi) is 16.1. The average Bonchev–Trinajstić information content (AvgIpc) is 1.37. The second-order valence-corrected chi connectivity index (χ2v) is 0.418. The van der Waals surface area contributed by atoms with Gasteiger partial charge in [-0.15, -0.1) is 0 Å². The summed E-state index contributed by atoms with van der Waals surface area (Å²) in [4.78, 5) is 0. The second kappa shape index (κ2) is 9.11. The molecule has 0 aromatic carbocycles. The molecule has 0 aliphatic heterocycles. The summed E-state index contributed by atoms with van der Waals surface area (Å²) >= 11 is 0. The van der Waals surface area contributed by atoms with Crippen LogP contribution in [0.5, 0.6) is 0 Å². The van der Waals surface area contributed by atoms with Crippen LogP contribution >= 0.6 is 0 Å². The van der Waals surface area contributed by atoms with Gasteiger partial charge in [0, 0.05) is 7.11 Å². The standard InChI is InChI=1S/C2H6O2.H2O/c1-4-2-3;/h3H,2H2,1H3;1H2. The SMILES string of the molecule is COCO.O. The van der Waals surface area contributed by atoms with Gasteiger partial charge in [0.1, 0.15) is 6.79 Å². The van der Waals surface area contributed by atoms with Crippen molar-refractivity contribution in [3.05, 3.63) is 0 Å². The quantitative estimate of drug-likeness (QED) is 0.400. The molecule has 0 spiro atoms. The zero-order chi connectivity index (χ0) is 3.41. The zero-order valence-electron chi connectivity index (χ0n) is 3.06. The van der Waals surface area contributed by atoms with E-state index in [1.807, 2.05) is 0 Å². The Hall–Kier alpha value is -0.120. The lowest BCUT2D eigenvalue weighted by atomic mass is 11.4. The van der Waals surface area contributed by atoms with Gasteiger partial charge in [-0.25, -0.2) is 0 Å². The number of methoxy groups -OCH3 is 1. The highest BCUT2D eigenvalue weighted by Crippen LogP contribution is 1.46. The lowest BCUT2D eigenvalue weighted by Gasteiger charge is -1.76. The van der Waals surface area contributed by atoms with E-state index in [0.717, 1.165) is 0 Å². The number of hydrogen-bond acceptors (Lipinski definition) is 2. The topological polar surface area (TPSA) is 61.0 Å². The molecule has 0 aromatic heterocycles. The smallest absolute Gasteiger partial charge is 0.143 e. The third-order valence-corrected chi connectivity index (χ3v) is 0.129. The van der Waals surface area contributed by atoms with Crippen LogP contribution in [0.15, 0.2) is 0 Å². The number of aliphatic hydroxyl groups is 1. The van der Waals surface area contributed by atoms with Gasteiger partial charge in [-0.2, -0.15) is 0 Å². The maximum atomic E-state index is 7.65. The Morgan fingerprint density at radius 2 is 2.00 bits per heavy atom. The van der Waals surface area contributed by atoms with Crippen molar-refractivity contribution in [1.29, 1.82) is 0 Å². The largest absolute Gasteiger partial charge is 0.412 e. The third-order valence-electron chi connectivity index (χ3n) is 0.129. The summed E-state index contributed by atoms with van der Waals surface area (Å²) in [6, 6.07) is 0. The van der Waals surface area contributed by atoms with Crippen molar-refractivity contribution in [2.45, 2.75) is 0 Å². The summed E-state index contributed by atoms with van der Waals surface area (Å²) in [7, 11) is 1.43. The Labute approximate surface area is 30.5 Å². The first kappa shape index (κ1) is 8.86. The summed E-state index contributed by atoms with van der Waals surface area (Å²) in [6.45, 7) is -0.181. The normalized spacial score (nSPS) is 6.00. The first-order chi connectivity index (χ1) is 1.91. The van der Waals surface area contributed by atoms with Crippen molar-refractivity contribution in [1.82, 2.24) is 0 Å². The van der Waals surface area contributed by atoms with E-state index in [1.165, 1.54) is 7.11 Å². The molecule has 0 rings (SSSR count). The van der Waals surface area contributed by atoms with Gasteiger partial charge in [-0.05, 0) is 0 Å².